The summed E-state index contributed by atoms with van der Waals surface area (Å²) in [4.78, 5) is 22.1. The minimum Gasteiger partial charge on any atom is -0.481 e. The van der Waals surface area contributed by atoms with E-state index in [1.807, 2.05) is 0 Å². The highest BCUT2D eigenvalue weighted by Gasteiger charge is 2.42. The molecule has 6 rings (SSSR count). The second-order valence-electron chi connectivity index (χ2n) is 10.0. The van der Waals surface area contributed by atoms with E-state index in [4.69, 9.17) is 21.7 Å². The van der Waals surface area contributed by atoms with Gasteiger partial charge in [0.25, 0.3) is 0 Å². The van der Waals surface area contributed by atoms with Crippen LogP contribution in [-0.4, -0.2) is 57.6 Å². The van der Waals surface area contributed by atoms with Crippen LogP contribution in [0.25, 0.3) is 5.57 Å². The maximum atomic E-state index is 14.0. The summed E-state index contributed by atoms with van der Waals surface area (Å²) >= 11 is 7.79. The number of nitrogens with zero attached hydrogens (tertiary/aromatic N) is 5. The number of alkyl halides is 2. The minimum absolute atomic E-state index is 0.0498. The average Bonchev–Trinajstić information content (AvgIpc) is 3.73. The Morgan fingerprint density at radius 3 is 2.59 bits per heavy atom. The maximum absolute atomic E-state index is 14.0. The van der Waals surface area contributed by atoms with E-state index in [1.165, 1.54) is 53.8 Å². The molecule has 1 saturated heterocycles. The summed E-state index contributed by atoms with van der Waals surface area (Å²) in [6.45, 7) is -2.77. The van der Waals surface area contributed by atoms with Gasteiger partial charge in [0.2, 0.25) is 10.0 Å². The highest BCUT2D eigenvalue weighted by atomic mass is 35.5. The first kappa shape index (κ1) is 30.0. The van der Waals surface area contributed by atoms with Crippen molar-refractivity contribution >= 4 is 50.3 Å². The van der Waals surface area contributed by atoms with E-state index in [-0.39, 0.29) is 35.0 Å². The van der Waals surface area contributed by atoms with Crippen LogP contribution in [0, 0.1) is 5.82 Å². The van der Waals surface area contributed by atoms with Crippen LogP contribution < -0.4 is 4.72 Å². The molecular weight excluding hydrogens is 641 g/mol. The predicted molar refractivity (Wildman–Crippen MR) is 156 cm³/mol. The Morgan fingerprint density at radius 1 is 1.18 bits per heavy atom. The molecule has 2 aromatic heterocycles. The van der Waals surface area contributed by atoms with Crippen LogP contribution in [0.5, 0.6) is 0 Å². The van der Waals surface area contributed by atoms with Gasteiger partial charge in [0.1, 0.15) is 11.9 Å². The molecule has 16 heteroatoms. The van der Waals surface area contributed by atoms with E-state index >= 15 is 0 Å². The molecule has 2 aliphatic rings. The highest BCUT2D eigenvalue weighted by Crippen LogP contribution is 2.46. The van der Waals surface area contributed by atoms with Crippen molar-refractivity contribution in [2.24, 2.45) is 4.99 Å². The molecule has 0 amide bonds. The molecule has 2 atom stereocenters. The van der Waals surface area contributed by atoms with E-state index in [1.54, 1.807) is 16.5 Å². The van der Waals surface area contributed by atoms with E-state index < -0.39 is 40.4 Å². The monoisotopic (exact) mass is 662 g/mol. The van der Waals surface area contributed by atoms with Gasteiger partial charge in [-0.05, 0) is 35.9 Å². The molecular formula is C28H22ClF3N6O4S2. The summed E-state index contributed by atoms with van der Waals surface area (Å²) in [5, 5.41) is 15.4. The molecule has 0 unspecified atom stereocenters. The summed E-state index contributed by atoms with van der Waals surface area (Å²) in [5.41, 5.74) is 2.01. The molecule has 4 aromatic rings. The zero-order valence-electron chi connectivity index (χ0n) is 22.4. The number of sulfonamides is 1. The second kappa shape index (κ2) is 11.8. The van der Waals surface area contributed by atoms with Crippen molar-refractivity contribution in [1.82, 2.24) is 24.4 Å². The molecule has 0 radical (unpaired) electrons. The van der Waals surface area contributed by atoms with Crippen molar-refractivity contribution in [2.75, 3.05) is 6.54 Å². The fraction of sp³-hybridized carbons (Fsp3) is 0.214. The van der Waals surface area contributed by atoms with E-state index in [9.17, 15) is 26.4 Å². The van der Waals surface area contributed by atoms with Gasteiger partial charge in [-0.15, -0.1) is 11.3 Å². The van der Waals surface area contributed by atoms with Crippen molar-refractivity contribution in [3.63, 3.8) is 0 Å². The van der Waals surface area contributed by atoms with Gasteiger partial charge in [-0.3, -0.25) is 9.79 Å². The summed E-state index contributed by atoms with van der Waals surface area (Å²) in [5.74, 6) is -1.19. The molecule has 2 aliphatic heterocycles. The predicted octanol–water partition coefficient (Wildman–Crippen LogP) is 5.12. The number of hydrogen-bond acceptors (Lipinski definition) is 8. The Balaban J connectivity index is 1.43. The van der Waals surface area contributed by atoms with Crippen molar-refractivity contribution in [2.45, 2.75) is 36.4 Å². The van der Waals surface area contributed by atoms with Crippen molar-refractivity contribution in [3.05, 3.63) is 105 Å². The van der Waals surface area contributed by atoms with Gasteiger partial charge in [-0.1, -0.05) is 29.8 Å². The lowest BCUT2D eigenvalue weighted by atomic mass is 9.92. The Labute approximate surface area is 258 Å². The number of benzene rings is 2. The van der Waals surface area contributed by atoms with Crippen LogP contribution in [0.15, 0.2) is 81.9 Å². The number of hydrogen-bond donors (Lipinski definition) is 2. The summed E-state index contributed by atoms with van der Waals surface area (Å²) in [6, 6.07) is 9.19. The van der Waals surface area contributed by atoms with E-state index in [2.05, 4.69) is 14.8 Å². The Morgan fingerprint density at radius 2 is 1.95 bits per heavy atom. The third-order valence-electron chi connectivity index (χ3n) is 7.14. The third-order valence-corrected chi connectivity index (χ3v) is 9.77. The molecule has 0 spiro atoms. The Kier molecular flexibility index (Phi) is 8.04. The molecule has 0 bridgehead atoms. The Bertz CT molecular complexity index is 1900. The largest absolute Gasteiger partial charge is 0.481 e. The van der Waals surface area contributed by atoms with Crippen LogP contribution >= 0.6 is 22.9 Å². The zero-order valence-corrected chi connectivity index (χ0v) is 24.8. The van der Waals surface area contributed by atoms with Crippen LogP contribution in [0.1, 0.15) is 40.8 Å². The molecule has 0 saturated carbocycles. The number of rotatable bonds is 9. The smallest absolute Gasteiger partial charge is 0.333 e. The maximum Gasteiger partial charge on any atom is 0.333 e. The number of aliphatic carboxylic acids is 1. The number of aromatic nitrogens is 3. The van der Waals surface area contributed by atoms with Gasteiger partial charge in [0.15, 0.2) is 10.8 Å². The van der Waals surface area contributed by atoms with Crippen LogP contribution in [0.2, 0.25) is 5.02 Å². The first-order chi connectivity index (χ1) is 21.0. The molecule has 44 heavy (non-hydrogen) atoms. The van der Waals surface area contributed by atoms with Gasteiger partial charge >= 0.3 is 12.5 Å². The zero-order chi connectivity index (χ0) is 31.2. The number of nitrogens with one attached hydrogen (secondary N) is 1. The van der Waals surface area contributed by atoms with E-state index in [0.29, 0.717) is 37.9 Å². The first-order valence-corrected chi connectivity index (χ1v) is 15.8. The van der Waals surface area contributed by atoms with E-state index in [0.717, 1.165) is 12.3 Å². The number of fused-ring (bicyclic) bond motifs is 1. The molecule has 228 valence electrons. The molecule has 10 nitrogen and oxygen atoms in total. The summed E-state index contributed by atoms with van der Waals surface area (Å²) < 4.78 is 71.1. The molecule has 0 aliphatic carbocycles. The summed E-state index contributed by atoms with van der Waals surface area (Å²) in [7, 11) is -4.05. The number of carboxylic acids is 1. The van der Waals surface area contributed by atoms with Crippen LogP contribution in [-0.2, 0) is 21.2 Å². The number of halogens is 4. The first-order valence-electron chi connectivity index (χ1n) is 13.1. The third kappa shape index (κ3) is 5.87. The number of aliphatic imine (C=N–C) groups is 1. The molecule has 2 N–H and O–H groups in total. The molecule has 2 aromatic carbocycles. The lowest BCUT2D eigenvalue weighted by molar-refractivity contribution is -0.136. The van der Waals surface area contributed by atoms with Crippen LogP contribution in [0.4, 0.5) is 13.2 Å². The minimum atomic E-state index is -4.05. The molecule has 4 heterocycles. The quantitative estimate of drug-likeness (QED) is 0.255. The standard InChI is InChI=1S/C28H22ClF3N6O4S2/c29-20-12-16(30)3-6-19(20)25-24(21-7-9-38(35-21)28(31)32)22-13-17(14-37(22)26(34-25)27-33-8-10-43-27)36-44(41,42)18-4-1-15(2-5-18)11-23(39)40/h1-10,12,17,25,28,36H,11,13-14H2,(H,39,40)/t17-,25-/m0/s1. The lowest BCUT2D eigenvalue weighted by Gasteiger charge is -2.32. The normalized spacial score (nSPS) is 18.6. The van der Waals surface area contributed by atoms with Gasteiger partial charge in [0, 0.05) is 58.6 Å². The number of thiazole rings is 1. The van der Waals surface area contributed by atoms with Crippen molar-refractivity contribution in [3.8, 4) is 0 Å². The average molecular weight is 663 g/mol. The van der Waals surface area contributed by atoms with Crippen molar-refractivity contribution in [1.29, 1.82) is 0 Å². The molecule has 1 fully saturated rings. The fourth-order valence-corrected chi connectivity index (χ4v) is 7.42. The fourth-order valence-electron chi connectivity index (χ4n) is 5.28. The van der Waals surface area contributed by atoms with Gasteiger partial charge in [0.05, 0.1) is 17.0 Å². The topological polar surface area (TPSA) is 130 Å². The van der Waals surface area contributed by atoms with Crippen LogP contribution in [0.3, 0.4) is 0 Å². The number of carboxylic acid groups (broad SMARTS) is 1. The van der Waals surface area contributed by atoms with Gasteiger partial charge in [-0.2, -0.15) is 13.9 Å². The number of carbonyl (C=O) groups is 1. The van der Waals surface area contributed by atoms with Crippen molar-refractivity contribution < 1.29 is 31.5 Å². The lowest BCUT2D eigenvalue weighted by Crippen LogP contribution is -2.39. The SMILES string of the molecule is O=C(O)Cc1ccc(S(=O)(=O)N[C@H]2CC3=C(c4ccn(C(F)F)n4)[C@H](c4ccc(F)cc4Cl)N=C(c4nccs4)N3C2)cc1. The second-order valence-corrected chi connectivity index (χ2v) is 13.0. The van der Waals surface area contributed by atoms with Gasteiger partial charge in [-0.25, -0.2) is 27.2 Å². The van der Waals surface area contributed by atoms with Gasteiger partial charge < -0.3 is 10.0 Å². The highest BCUT2D eigenvalue weighted by molar-refractivity contribution is 7.89. The number of amidine groups is 1. The Hall–Kier alpha value is -4.05. The summed E-state index contributed by atoms with van der Waals surface area (Å²) in [6.07, 6.45) is 2.61.